The summed E-state index contributed by atoms with van der Waals surface area (Å²) in [5, 5.41) is 2.98. The summed E-state index contributed by atoms with van der Waals surface area (Å²) in [5.74, 6) is 0.209. The number of unbranched alkanes of at least 4 members (excludes halogenated alkanes) is 16. The molecular formula is C58H112N2O7S. The van der Waals surface area contributed by atoms with Crippen molar-refractivity contribution >= 4 is 35.6 Å². The lowest BCUT2D eigenvalue weighted by molar-refractivity contribution is -0.154. The van der Waals surface area contributed by atoms with Gasteiger partial charge in [-0.15, -0.1) is 0 Å². The molecule has 0 aliphatic heterocycles. The molecule has 5 unspecified atom stereocenters. The van der Waals surface area contributed by atoms with E-state index in [0.717, 1.165) is 57.8 Å². The second-order valence-corrected chi connectivity index (χ2v) is 23.1. The zero-order chi connectivity index (χ0) is 50.6. The largest absolute Gasteiger partial charge is 0.466 e. The number of hydrogen-bond donors (Lipinski definition) is 1. The maximum atomic E-state index is 13.9. The lowest BCUT2D eigenvalue weighted by atomic mass is 9.94. The molecule has 0 saturated carbocycles. The fraction of sp³-hybridized carbons (Fsp3) is 0.931. The third-order valence-electron chi connectivity index (χ3n) is 13.7. The van der Waals surface area contributed by atoms with Crippen molar-refractivity contribution in [1.82, 2.24) is 10.2 Å². The van der Waals surface area contributed by atoms with Crippen molar-refractivity contribution in [1.29, 1.82) is 0 Å². The van der Waals surface area contributed by atoms with Crippen LogP contribution in [0.5, 0.6) is 0 Å². The van der Waals surface area contributed by atoms with Gasteiger partial charge in [-0.05, 0) is 81.5 Å². The quantitative estimate of drug-likeness (QED) is 0.0276. The van der Waals surface area contributed by atoms with E-state index in [9.17, 15) is 19.2 Å². The molecule has 0 radical (unpaired) electrons. The Morgan fingerprint density at radius 1 is 0.515 bits per heavy atom. The van der Waals surface area contributed by atoms with E-state index in [-0.39, 0.29) is 30.7 Å². The highest BCUT2D eigenvalue weighted by molar-refractivity contribution is 7.99. The number of nitrogens with zero attached hydrogens (tertiary/aromatic N) is 1. The number of thioether (sulfide) groups is 1. The first-order valence-corrected chi connectivity index (χ1v) is 29.8. The Bertz CT molecular complexity index is 1200. The number of likely N-dealkylation sites (N-methyl/N-ethyl adjacent to an activating group) is 1. The first-order chi connectivity index (χ1) is 32.7. The number of nitrogens with one attached hydrogen (secondary N) is 1. The minimum Gasteiger partial charge on any atom is -0.466 e. The molecule has 0 aromatic carbocycles. The van der Waals surface area contributed by atoms with E-state index in [1.54, 1.807) is 0 Å². The second kappa shape index (κ2) is 46.3. The van der Waals surface area contributed by atoms with Crippen LogP contribution in [-0.4, -0.2) is 87.2 Å². The standard InChI is InChI=1S/C58H112N2O7S/c1-11-13-15-17-19-21-22-24-26-28-36-52(35-27-25-23-20-18-16-14-12-2)46-67-58(64)54(56(62)59-40-41-60(9)10)39-44-68-47-53(57(63)66-43-38-51(8)34-30-32-49(5)6)45-55(61)65-42-37-50(7)33-29-31-48(3)4/h48-54H,11-47H2,1-10H3,(H,59,62). The summed E-state index contributed by atoms with van der Waals surface area (Å²) in [6.45, 7) is 20.0. The van der Waals surface area contributed by atoms with Gasteiger partial charge in [0.15, 0.2) is 0 Å². The molecule has 402 valence electrons. The lowest BCUT2D eigenvalue weighted by Gasteiger charge is -2.21. The summed E-state index contributed by atoms with van der Waals surface area (Å²) in [7, 11) is 3.91. The maximum absolute atomic E-state index is 13.9. The topological polar surface area (TPSA) is 111 Å². The summed E-state index contributed by atoms with van der Waals surface area (Å²) in [6, 6.07) is 0. The van der Waals surface area contributed by atoms with Gasteiger partial charge in [0.25, 0.3) is 0 Å². The van der Waals surface area contributed by atoms with Crippen molar-refractivity contribution in [2.75, 3.05) is 58.5 Å². The van der Waals surface area contributed by atoms with Crippen LogP contribution < -0.4 is 5.32 Å². The molecule has 1 N–H and O–H groups in total. The summed E-state index contributed by atoms with van der Waals surface area (Å²) in [5.41, 5.74) is 0. The molecule has 0 aliphatic rings. The number of ether oxygens (including phenoxy) is 3. The van der Waals surface area contributed by atoms with Crippen molar-refractivity contribution in [2.24, 2.45) is 41.4 Å². The van der Waals surface area contributed by atoms with E-state index >= 15 is 0 Å². The van der Waals surface area contributed by atoms with Crippen molar-refractivity contribution < 1.29 is 33.4 Å². The minimum atomic E-state index is -0.944. The van der Waals surface area contributed by atoms with Crippen LogP contribution in [-0.2, 0) is 33.4 Å². The van der Waals surface area contributed by atoms with Crippen LogP contribution in [0.2, 0.25) is 0 Å². The number of carbonyl (C=O) groups excluding carboxylic acids is 4. The zero-order valence-corrected chi connectivity index (χ0v) is 47.2. The van der Waals surface area contributed by atoms with Gasteiger partial charge in [-0.25, -0.2) is 0 Å². The van der Waals surface area contributed by atoms with Gasteiger partial charge in [0.1, 0.15) is 5.92 Å². The zero-order valence-electron chi connectivity index (χ0n) is 46.4. The van der Waals surface area contributed by atoms with E-state index in [4.69, 9.17) is 14.2 Å². The van der Waals surface area contributed by atoms with Crippen molar-refractivity contribution in [3.63, 3.8) is 0 Å². The second-order valence-electron chi connectivity index (χ2n) is 22.0. The molecule has 0 saturated heterocycles. The molecule has 0 aliphatic carbocycles. The Morgan fingerprint density at radius 3 is 1.46 bits per heavy atom. The summed E-state index contributed by atoms with van der Waals surface area (Å²) in [6.07, 6.45) is 33.9. The predicted molar refractivity (Wildman–Crippen MR) is 290 cm³/mol. The molecule has 0 bridgehead atoms. The van der Waals surface area contributed by atoms with Crippen molar-refractivity contribution in [3.05, 3.63) is 0 Å². The summed E-state index contributed by atoms with van der Waals surface area (Å²) < 4.78 is 17.6. The van der Waals surface area contributed by atoms with E-state index in [0.29, 0.717) is 74.0 Å². The van der Waals surface area contributed by atoms with E-state index < -0.39 is 17.8 Å². The molecule has 9 nitrogen and oxygen atoms in total. The molecule has 0 heterocycles. The van der Waals surface area contributed by atoms with Gasteiger partial charge in [0.05, 0.1) is 32.2 Å². The molecule has 1 amide bonds. The number of carbonyl (C=O) groups is 4. The fourth-order valence-electron chi connectivity index (χ4n) is 8.77. The van der Waals surface area contributed by atoms with Crippen LogP contribution in [0.4, 0.5) is 0 Å². The normalized spacial score (nSPS) is 14.0. The van der Waals surface area contributed by atoms with Crippen molar-refractivity contribution in [3.8, 4) is 0 Å². The highest BCUT2D eigenvalue weighted by Gasteiger charge is 2.30. The maximum Gasteiger partial charge on any atom is 0.318 e. The number of rotatable bonds is 49. The molecule has 5 atom stereocenters. The van der Waals surface area contributed by atoms with Gasteiger partial charge in [0, 0.05) is 18.8 Å². The molecule has 0 aromatic heterocycles. The highest BCUT2D eigenvalue weighted by Crippen LogP contribution is 2.24. The molecule has 0 rings (SSSR count). The SMILES string of the molecule is CCCCCCCCCCCCC(CCCCCCCCCC)COC(=O)C(CCSCC(CC(=O)OCCC(C)CCCC(C)C)C(=O)OCCC(C)CCCC(C)C)C(=O)NCCN(C)C. The number of esters is 3. The van der Waals surface area contributed by atoms with E-state index in [1.165, 1.54) is 134 Å². The first kappa shape index (κ1) is 66.2. The third kappa shape index (κ3) is 41.9. The smallest absolute Gasteiger partial charge is 0.318 e. The number of hydrogen-bond acceptors (Lipinski definition) is 9. The molecule has 0 fully saturated rings. The Morgan fingerprint density at radius 2 is 0.985 bits per heavy atom. The Kier molecular flexibility index (Phi) is 45.0. The third-order valence-corrected chi connectivity index (χ3v) is 14.8. The van der Waals surface area contributed by atoms with Crippen LogP contribution in [0.25, 0.3) is 0 Å². The van der Waals surface area contributed by atoms with Gasteiger partial charge in [-0.2, -0.15) is 11.8 Å². The predicted octanol–water partition coefficient (Wildman–Crippen LogP) is 15.2. The Hall–Kier alpha value is -1.81. The molecule has 10 heteroatoms. The van der Waals surface area contributed by atoms with Crippen LogP contribution in [0.15, 0.2) is 0 Å². The van der Waals surface area contributed by atoms with E-state index in [2.05, 4.69) is 60.7 Å². The monoisotopic (exact) mass is 981 g/mol. The Labute approximate surface area is 425 Å². The van der Waals surface area contributed by atoms with Gasteiger partial charge < -0.3 is 24.4 Å². The van der Waals surface area contributed by atoms with Gasteiger partial charge in [-0.1, -0.05) is 209 Å². The van der Waals surface area contributed by atoms with Crippen LogP contribution in [0.3, 0.4) is 0 Å². The average Bonchev–Trinajstić information content (AvgIpc) is 3.28. The molecular weight excluding hydrogens is 869 g/mol. The molecule has 0 spiro atoms. The van der Waals surface area contributed by atoms with Crippen LogP contribution >= 0.6 is 11.8 Å². The summed E-state index contributed by atoms with van der Waals surface area (Å²) in [4.78, 5) is 56.2. The number of amides is 1. The van der Waals surface area contributed by atoms with E-state index in [1.807, 2.05) is 19.0 Å². The van der Waals surface area contributed by atoms with Crippen LogP contribution in [0, 0.1) is 41.4 Å². The minimum absolute atomic E-state index is 0.0483. The van der Waals surface area contributed by atoms with Gasteiger partial charge in [-0.3, -0.25) is 19.2 Å². The molecule has 0 aromatic rings. The average molecular weight is 982 g/mol. The van der Waals surface area contributed by atoms with Gasteiger partial charge in [0.2, 0.25) is 5.91 Å². The molecule has 68 heavy (non-hydrogen) atoms. The highest BCUT2D eigenvalue weighted by atomic mass is 32.2. The summed E-state index contributed by atoms with van der Waals surface area (Å²) >= 11 is 1.48. The van der Waals surface area contributed by atoms with Crippen LogP contribution in [0.1, 0.15) is 248 Å². The Balaban J connectivity index is 5.65. The van der Waals surface area contributed by atoms with Crippen molar-refractivity contribution in [2.45, 2.75) is 248 Å². The van der Waals surface area contributed by atoms with Gasteiger partial charge >= 0.3 is 17.9 Å². The fourth-order valence-corrected chi connectivity index (χ4v) is 9.88. The first-order valence-electron chi connectivity index (χ1n) is 28.7. The lowest BCUT2D eigenvalue weighted by Crippen LogP contribution is -2.40.